The van der Waals surface area contributed by atoms with Crippen LogP contribution in [0.15, 0.2) is 24.3 Å². The van der Waals surface area contributed by atoms with Gasteiger partial charge in [0, 0.05) is 17.6 Å². The van der Waals surface area contributed by atoms with Crippen LogP contribution in [0, 0.1) is 0 Å². The molecule has 108 valence electrons. The van der Waals surface area contributed by atoms with E-state index < -0.39 is 17.7 Å². The fourth-order valence-electron chi connectivity index (χ4n) is 2.41. The molecule has 6 heteroatoms. The Hall–Kier alpha value is -1.98. The van der Waals surface area contributed by atoms with Crippen LogP contribution in [0.5, 0.6) is 0 Å². The number of halogens is 3. The third-order valence-electron chi connectivity index (χ3n) is 3.22. The van der Waals surface area contributed by atoms with Crippen molar-refractivity contribution in [3.63, 3.8) is 0 Å². The van der Waals surface area contributed by atoms with Gasteiger partial charge in [0.2, 0.25) is 0 Å². The van der Waals surface area contributed by atoms with E-state index in [0.29, 0.717) is 17.6 Å². The van der Waals surface area contributed by atoms with Gasteiger partial charge in [0.05, 0.1) is 17.5 Å². The number of nitrogens with zero attached hydrogens (tertiary/aromatic N) is 1. The number of hydrogen-bond acceptors (Lipinski definition) is 1. The van der Waals surface area contributed by atoms with E-state index in [2.05, 4.69) is 0 Å². The Kier molecular flexibility index (Phi) is 3.74. The lowest BCUT2D eigenvalue weighted by Gasteiger charge is -2.13. The first kappa shape index (κ1) is 14.4. The van der Waals surface area contributed by atoms with Crippen molar-refractivity contribution in [1.29, 1.82) is 0 Å². The first-order valence-electron chi connectivity index (χ1n) is 6.24. The van der Waals surface area contributed by atoms with Gasteiger partial charge in [-0.15, -0.1) is 0 Å². The summed E-state index contributed by atoms with van der Waals surface area (Å²) < 4.78 is 40.7. The van der Waals surface area contributed by atoms with Crippen molar-refractivity contribution in [1.82, 2.24) is 4.57 Å². The van der Waals surface area contributed by atoms with Gasteiger partial charge in [-0.25, -0.2) is 0 Å². The predicted octanol–water partition coefficient (Wildman–Crippen LogP) is 3.70. The number of fused-ring (bicyclic) bond motifs is 1. The van der Waals surface area contributed by atoms with E-state index in [-0.39, 0.29) is 18.4 Å². The van der Waals surface area contributed by atoms with Gasteiger partial charge in [-0.05, 0) is 25.5 Å². The smallest absolute Gasteiger partial charge is 0.418 e. The maximum atomic E-state index is 13.1. The predicted molar refractivity (Wildman–Crippen MR) is 68.6 cm³/mol. The molecular weight excluding hydrogens is 271 g/mol. The molecule has 2 aromatic rings. The summed E-state index contributed by atoms with van der Waals surface area (Å²) in [7, 11) is 0. The zero-order valence-corrected chi connectivity index (χ0v) is 10.9. The van der Waals surface area contributed by atoms with Gasteiger partial charge in [-0.3, -0.25) is 4.79 Å². The van der Waals surface area contributed by atoms with E-state index in [1.54, 1.807) is 23.6 Å². The molecule has 0 fully saturated rings. The summed E-state index contributed by atoms with van der Waals surface area (Å²) in [6.07, 6.45) is -4.30. The number of carboxylic acid groups (broad SMARTS) is 1. The molecule has 0 saturated carbocycles. The molecule has 0 atom stereocenters. The van der Waals surface area contributed by atoms with Gasteiger partial charge in [0.1, 0.15) is 0 Å². The second-order valence-electron chi connectivity index (χ2n) is 4.51. The Bertz CT molecular complexity index is 644. The maximum Gasteiger partial charge on any atom is 0.418 e. The summed E-state index contributed by atoms with van der Waals surface area (Å²) in [6.45, 7) is 2.11. The Balaban J connectivity index is 2.60. The van der Waals surface area contributed by atoms with Crippen LogP contribution in [0.4, 0.5) is 13.2 Å². The molecule has 0 aliphatic carbocycles. The van der Waals surface area contributed by atoms with Crippen LogP contribution >= 0.6 is 0 Å². The molecule has 0 unspecified atom stereocenters. The van der Waals surface area contributed by atoms with Crippen LogP contribution in [0.3, 0.4) is 0 Å². The van der Waals surface area contributed by atoms with Crippen molar-refractivity contribution in [3.8, 4) is 0 Å². The van der Waals surface area contributed by atoms with E-state index in [1.807, 2.05) is 0 Å². The third kappa shape index (κ3) is 2.64. The van der Waals surface area contributed by atoms with Crippen molar-refractivity contribution < 1.29 is 23.1 Å². The van der Waals surface area contributed by atoms with Crippen molar-refractivity contribution in [2.75, 3.05) is 0 Å². The molecule has 1 aromatic carbocycles. The summed E-state index contributed by atoms with van der Waals surface area (Å²) in [4.78, 5) is 10.6. The zero-order chi connectivity index (χ0) is 14.9. The molecule has 0 saturated heterocycles. The van der Waals surface area contributed by atoms with Gasteiger partial charge in [0.25, 0.3) is 0 Å². The Morgan fingerprint density at radius 1 is 1.35 bits per heavy atom. The number of rotatable bonds is 4. The van der Waals surface area contributed by atoms with E-state index in [0.717, 1.165) is 6.07 Å². The van der Waals surface area contributed by atoms with Crippen LogP contribution < -0.4 is 0 Å². The van der Waals surface area contributed by atoms with Crippen molar-refractivity contribution >= 4 is 16.9 Å². The number of aliphatic carboxylic acids is 1. The van der Waals surface area contributed by atoms with Gasteiger partial charge in [-0.1, -0.05) is 12.1 Å². The summed E-state index contributed by atoms with van der Waals surface area (Å²) in [5.74, 6) is -0.964. The average molecular weight is 285 g/mol. The number of para-hydroxylation sites is 1. The number of aromatic nitrogens is 1. The first-order chi connectivity index (χ1) is 9.34. The highest BCUT2D eigenvalue weighted by Crippen LogP contribution is 2.36. The topological polar surface area (TPSA) is 42.2 Å². The number of carboxylic acids is 1. The SMILES string of the molecule is CCn1c(CCC(=O)O)cc2cccc(C(F)(F)F)c21. The molecule has 0 aliphatic rings. The molecule has 0 amide bonds. The molecule has 1 aromatic heterocycles. The largest absolute Gasteiger partial charge is 0.481 e. The van der Waals surface area contributed by atoms with Crippen molar-refractivity contribution in [2.45, 2.75) is 32.5 Å². The molecule has 0 bridgehead atoms. The van der Waals surface area contributed by atoms with Crippen LogP contribution in [0.25, 0.3) is 10.9 Å². The Morgan fingerprint density at radius 2 is 2.05 bits per heavy atom. The van der Waals surface area contributed by atoms with Gasteiger partial charge in [-0.2, -0.15) is 13.2 Å². The fourth-order valence-corrected chi connectivity index (χ4v) is 2.41. The monoisotopic (exact) mass is 285 g/mol. The lowest BCUT2D eigenvalue weighted by Crippen LogP contribution is -2.10. The summed E-state index contributed by atoms with van der Waals surface area (Å²) in [5, 5.41) is 9.20. The lowest BCUT2D eigenvalue weighted by molar-refractivity contribution is -0.137. The summed E-state index contributed by atoms with van der Waals surface area (Å²) >= 11 is 0. The Labute approximate surface area is 113 Å². The molecule has 0 spiro atoms. The zero-order valence-electron chi connectivity index (χ0n) is 10.9. The number of alkyl halides is 3. The minimum Gasteiger partial charge on any atom is -0.481 e. The van der Waals surface area contributed by atoms with Gasteiger partial charge >= 0.3 is 12.1 Å². The summed E-state index contributed by atoms with van der Waals surface area (Å²) in [6, 6.07) is 5.67. The molecule has 20 heavy (non-hydrogen) atoms. The highest BCUT2D eigenvalue weighted by molar-refractivity contribution is 5.85. The average Bonchev–Trinajstić information content (AvgIpc) is 2.72. The van der Waals surface area contributed by atoms with Crippen LogP contribution in [0.2, 0.25) is 0 Å². The van der Waals surface area contributed by atoms with Gasteiger partial charge < -0.3 is 9.67 Å². The molecule has 2 rings (SSSR count). The molecule has 0 radical (unpaired) electrons. The van der Waals surface area contributed by atoms with E-state index in [9.17, 15) is 18.0 Å². The number of hydrogen-bond donors (Lipinski definition) is 1. The van der Waals surface area contributed by atoms with Crippen LogP contribution in [0.1, 0.15) is 24.6 Å². The number of carbonyl (C=O) groups is 1. The molecule has 3 nitrogen and oxygen atoms in total. The minimum atomic E-state index is -4.42. The summed E-state index contributed by atoms with van der Waals surface area (Å²) in [5.41, 5.74) is 0.0583. The normalized spacial score (nSPS) is 12.0. The highest BCUT2D eigenvalue weighted by atomic mass is 19.4. The Morgan fingerprint density at radius 3 is 2.60 bits per heavy atom. The lowest BCUT2D eigenvalue weighted by atomic mass is 10.1. The molecule has 0 aliphatic heterocycles. The van der Waals surface area contributed by atoms with E-state index in [4.69, 9.17) is 5.11 Å². The quantitative estimate of drug-likeness (QED) is 0.930. The van der Waals surface area contributed by atoms with Gasteiger partial charge in [0.15, 0.2) is 0 Å². The first-order valence-corrected chi connectivity index (χ1v) is 6.24. The molecular formula is C14H14F3NO2. The number of benzene rings is 1. The van der Waals surface area contributed by atoms with Crippen molar-refractivity contribution in [3.05, 3.63) is 35.5 Å². The maximum absolute atomic E-state index is 13.1. The van der Waals surface area contributed by atoms with E-state index >= 15 is 0 Å². The highest BCUT2D eigenvalue weighted by Gasteiger charge is 2.34. The molecule has 1 heterocycles. The minimum absolute atomic E-state index is 0.0995. The fraction of sp³-hybridized carbons (Fsp3) is 0.357. The number of aryl methyl sites for hydroxylation is 2. The second kappa shape index (κ2) is 5.19. The van der Waals surface area contributed by atoms with Crippen LogP contribution in [-0.2, 0) is 23.9 Å². The van der Waals surface area contributed by atoms with Crippen molar-refractivity contribution in [2.24, 2.45) is 0 Å². The standard InChI is InChI=1S/C14H14F3NO2/c1-2-18-10(6-7-12(19)20)8-9-4-3-5-11(13(9)18)14(15,16)17/h3-5,8H,2,6-7H2,1H3,(H,19,20). The van der Waals surface area contributed by atoms with E-state index in [1.165, 1.54) is 6.07 Å². The third-order valence-corrected chi connectivity index (χ3v) is 3.22. The van der Waals surface area contributed by atoms with Crippen LogP contribution in [-0.4, -0.2) is 15.6 Å². The molecule has 1 N–H and O–H groups in total. The second-order valence-corrected chi connectivity index (χ2v) is 4.51.